The van der Waals surface area contributed by atoms with Crippen LogP contribution in [0, 0.1) is 0 Å². The molecule has 0 aliphatic carbocycles. The lowest BCUT2D eigenvalue weighted by molar-refractivity contribution is -0.148. The van der Waals surface area contributed by atoms with Crippen LogP contribution in [0.5, 0.6) is 0 Å². The molecule has 1 aliphatic heterocycles. The summed E-state index contributed by atoms with van der Waals surface area (Å²) in [4.78, 5) is 27.4. The van der Waals surface area contributed by atoms with Crippen molar-refractivity contribution in [3.8, 4) is 0 Å². The van der Waals surface area contributed by atoms with Gasteiger partial charge in [0.2, 0.25) is 0 Å². The molecule has 0 spiro atoms. The van der Waals surface area contributed by atoms with E-state index < -0.39 is 34.4 Å². The van der Waals surface area contributed by atoms with Crippen molar-refractivity contribution in [1.82, 2.24) is 0 Å². The third-order valence-electron chi connectivity index (χ3n) is 6.01. The van der Waals surface area contributed by atoms with Crippen LogP contribution in [0.2, 0.25) is 0 Å². The Morgan fingerprint density at radius 2 is 1.38 bits per heavy atom. The highest BCUT2D eigenvalue weighted by molar-refractivity contribution is 7.91. The predicted octanol–water partition coefficient (Wildman–Crippen LogP) is 3.97. The van der Waals surface area contributed by atoms with Gasteiger partial charge in [-0.05, 0) is 29.7 Å². The van der Waals surface area contributed by atoms with Crippen molar-refractivity contribution in [2.24, 2.45) is 0 Å². The van der Waals surface area contributed by atoms with Gasteiger partial charge in [-0.15, -0.1) is 0 Å². The number of para-hydroxylation sites is 1. The first-order valence-corrected chi connectivity index (χ1v) is 13.1. The number of sulfone groups is 1. The normalized spacial score (nSPS) is 16.8. The Bertz CT molecular complexity index is 1170. The summed E-state index contributed by atoms with van der Waals surface area (Å²) in [6.07, 6.45) is 0.450. The minimum Gasteiger partial charge on any atom is -0.456 e. The van der Waals surface area contributed by atoms with Crippen molar-refractivity contribution in [3.63, 3.8) is 0 Å². The number of esters is 1. The maximum absolute atomic E-state index is 13.1. The predicted molar refractivity (Wildman–Crippen MR) is 131 cm³/mol. The van der Waals surface area contributed by atoms with Gasteiger partial charge in [0.25, 0.3) is 5.91 Å². The van der Waals surface area contributed by atoms with Crippen molar-refractivity contribution in [1.29, 1.82) is 0 Å². The molecule has 6 nitrogen and oxygen atoms in total. The van der Waals surface area contributed by atoms with Crippen molar-refractivity contribution in [2.75, 3.05) is 23.0 Å². The zero-order chi connectivity index (χ0) is 24.0. The van der Waals surface area contributed by atoms with Gasteiger partial charge in [-0.3, -0.25) is 9.59 Å². The molecule has 34 heavy (non-hydrogen) atoms. The third kappa shape index (κ3) is 5.91. The van der Waals surface area contributed by atoms with Crippen LogP contribution in [-0.4, -0.2) is 44.4 Å². The molecular weight excluding hydrogens is 450 g/mol. The van der Waals surface area contributed by atoms with Crippen LogP contribution in [-0.2, 0) is 24.2 Å². The van der Waals surface area contributed by atoms with Gasteiger partial charge in [0.05, 0.1) is 24.0 Å². The summed E-state index contributed by atoms with van der Waals surface area (Å²) < 4.78 is 29.5. The average molecular weight is 478 g/mol. The molecule has 1 heterocycles. The summed E-state index contributed by atoms with van der Waals surface area (Å²) in [7, 11) is -3.19. The molecule has 4 rings (SSSR count). The lowest BCUT2D eigenvalue weighted by atomic mass is 9.89. The molecule has 3 aromatic rings. The smallest absolute Gasteiger partial charge is 0.307 e. The van der Waals surface area contributed by atoms with Crippen LogP contribution in [0.4, 0.5) is 5.69 Å². The minimum absolute atomic E-state index is 0.0455. The summed E-state index contributed by atoms with van der Waals surface area (Å²) in [6, 6.07) is 27.8. The average Bonchev–Trinajstić information content (AvgIpc) is 3.22. The second kappa shape index (κ2) is 10.7. The summed E-state index contributed by atoms with van der Waals surface area (Å²) in [5.41, 5.74) is 2.56. The number of rotatable bonds is 8. The Kier molecular flexibility index (Phi) is 7.43. The summed E-state index contributed by atoms with van der Waals surface area (Å²) in [6.45, 7) is -0.444. The van der Waals surface area contributed by atoms with Gasteiger partial charge < -0.3 is 9.64 Å². The largest absolute Gasteiger partial charge is 0.456 e. The van der Waals surface area contributed by atoms with Gasteiger partial charge in [0, 0.05) is 11.6 Å². The Hall–Kier alpha value is -3.45. The Balaban J connectivity index is 1.46. The van der Waals surface area contributed by atoms with E-state index in [1.807, 2.05) is 66.7 Å². The maximum atomic E-state index is 13.1. The summed E-state index contributed by atoms with van der Waals surface area (Å²) in [5.74, 6) is -1.17. The fraction of sp³-hybridized carbons (Fsp3) is 0.259. The van der Waals surface area contributed by atoms with Gasteiger partial charge in [-0.25, -0.2) is 8.42 Å². The molecular formula is C27H27NO5S. The lowest BCUT2D eigenvalue weighted by Crippen LogP contribution is -2.43. The number of nitrogens with zero attached hydrogens (tertiary/aromatic N) is 1. The van der Waals surface area contributed by atoms with Crippen LogP contribution in [0.15, 0.2) is 91.0 Å². The number of ether oxygens (including phenoxy) is 1. The van der Waals surface area contributed by atoms with E-state index in [9.17, 15) is 18.0 Å². The number of hydrogen-bond acceptors (Lipinski definition) is 5. The quantitative estimate of drug-likeness (QED) is 0.459. The van der Waals surface area contributed by atoms with Gasteiger partial charge in [-0.1, -0.05) is 78.9 Å². The minimum atomic E-state index is -3.19. The molecule has 0 bridgehead atoms. The van der Waals surface area contributed by atoms with Crippen LogP contribution in [0.1, 0.15) is 29.9 Å². The van der Waals surface area contributed by atoms with Crippen molar-refractivity contribution < 1.29 is 22.7 Å². The number of amides is 1. The molecule has 1 unspecified atom stereocenters. The van der Waals surface area contributed by atoms with E-state index in [1.54, 1.807) is 24.3 Å². The van der Waals surface area contributed by atoms with E-state index in [4.69, 9.17) is 4.74 Å². The SMILES string of the molecule is O=C(CC(c1ccccc1)c1ccccc1)OCC(=O)N(c1ccccc1)C1CCS(=O)(=O)C1. The first-order valence-electron chi connectivity index (χ1n) is 11.3. The van der Waals surface area contributed by atoms with E-state index in [0.717, 1.165) is 11.1 Å². The molecule has 1 fully saturated rings. The zero-order valence-corrected chi connectivity index (χ0v) is 19.6. The lowest BCUT2D eigenvalue weighted by Gasteiger charge is -2.28. The van der Waals surface area contributed by atoms with Crippen LogP contribution < -0.4 is 4.90 Å². The molecule has 1 aliphatic rings. The van der Waals surface area contributed by atoms with Crippen LogP contribution >= 0.6 is 0 Å². The van der Waals surface area contributed by atoms with E-state index in [-0.39, 0.29) is 23.8 Å². The second-order valence-corrected chi connectivity index (χ2v) is 10.6. The second-order valence-electron chi connectivity index (χ2n) is 8.39. The molecule has 0 saturated carbocycles. The Morgan fingerprint density at radius 3 is 1.88 bits per heavy atom. The Labute approximate surface area is 200 Å². The standard InChI is InChI=1S/C27H27NO5S/c29-26(28(23-14-8-3-9-15-23)24-16-17-34(31,32)20-24)19-33-27(30)18-25(21-10-4-1-5-11-21)22-12-6-2-7-13-22/h1-15,24-25H,16-20H2. The van der Waals surface area contributed by atoms with Gasteiger partial charge in [0.1, 0.15) is 0 Å². The third-order valence-corrected chi connectivity index (χ3v) is 7.76. The first kappa shape index (κ1) is 23.7. The fourth-order valence-electron chi connectivity index (χ4n) is 4.36. The number of carbonyl (C=O) groups excluding carboxylic acids is 2. The highest BCUT2D eigenvalue weighted by Crippen LogP contribution is 2.29. The highest BCUT2D eigenvalue weighted by atomic mass is 32.2. The Morgan fingerprint density at radius 1 is 0.853 bits per heavy atom. The van der Waals surface area contributed by atoms with E-state index in [1.165, 1.54) is 4.90 Å². The van der Waals surface area contributed by atoms with Gasteiger partial charge in [0.15, 0.2) is 16.4 Å². The first-order chi connectivity index (χ1) is 16.4. The number of benzene rings is 3. The number of anilines is 1. The fourth-order valence-corrected chi connectivity index (χ4v) is 6.06. The number of hydrogen-bond donors (Lipinski definition) is 0. The summed E-state index contributed by atoms with van der Waals surface area (Å²) >= 11 is 0. The van der Waals surface area contributed by atoms with Crippen molar-refractivity contribution >= 4 is 27.4 Å². The molecule has 0 radical (unpaired) electrons. The topological polar surface area (TPSA) is 80.8 Å². The molecule has 1 atom stereocenters. The monoisotopic (exact) mass is 477 g/mol. The summed E-state index contributed by atoms with van der Waals surface area (Å²) in [5, 5.41) is 0. The van der Waals surface area contributed by atoms with E-state index >= 15 is 0 Å². The molecule has 3 aromatic carbocycles. The number of carbonyl (C=O) groups is 2. The van der Waals surface area contributed by atoms with Gasteiger partial charge in [-0.2, -0.15) is 0 Å². The van der Waals surface area contributed by atoms with Crippen molar-refractivity contribution in [2.45, 2.75) is 24.8 Å². The maximum Gasteiger partial charge on any atom is 0.307 e. The molecule has 1 amide bonds. The molecule has 1 saturated heterocycles. The molecule has 176 valence electrons. The molecule has 0 N–H and O–H groups in total. The van der Waals surface area contributed by atoms with E-state index in [0.29, 0.717) is 12.1 Å². The van der Waals surface area contributed by atoms with E-state index in [2.05, 4.69) is 0 Å². The zero-order valence-electron chi connectivity index (χ0n) is 18.7. The molecule has 0 aromatic heterocycles. The van der Waals surface area contributed by atoms with Gasteiger partial charge >= 0.3 is 5.97 Å². The van der Waals surface area contributed by atoms with Crippen LogP contribution in [0.3, 0.4) is 0 Å². The van der Waals surface area contributed by atoms with Crippen molar-refractivity contribution in [3.05, 3.63) is 102 Å². The molecule has 7 heteroatoms. The van der Waals surface area contributed by atoms with Crippen LogP contribution in [0.25, 0.3) is 0 Å². The highest BCUT2D eigenvalue weighted by Gasteiger charge is 2.36.